The van der Waals surface area contributed by atoms with Crippen LogP contribution in [-0.2, 0) is 4.74 Å². The van der Waals surface area contributed by atoms with Crippen molar-refractivity contribution >= 4 is 23.5 Å². The van der Waals surface area contributed by atoms with Crippen LogP contribution in [0.25, 0.3) is 0 Å². The third kappa shape index (κ3) is 4.07. The summed E-state index contributed by atoms with van der Waals surface area (Å²) in [6.45, 7) is 5.06. The molecule has 126 valence electrons. The van der Waals surface area contributed by atoms with Gasteiger partial charge in [-0.3, -0.25) is 4.79 Å². The molecule has 1 aromatic carbocycles. The van der Waals surface area contributed by atoms with E-state index in [1.807, 2.05) is 13.8 Å². The Morgan fingerprint density at radius 1 is 1.21 bits per heavy atom. The number of carbonyl (C=O) groups is 2. The van der Waals surface area contributed by atoms with Crippen molar-refractivity contribution in [3.8, 4) is 0 Å². The van der Waals surface area contributed by atoms with E-state index in [9.17, 15) is 9.59 Å². The van der Waals surface area contributed by atoms with Crippen LogP contribution in [0.2, 0.25) is 0 Å². The molecule has 24 heavy (non-hydrogen) atoms. The van der Waals surface area contributed by atoms with Crippen molar-refractivity contribution in [2.45, 2.75) is 13.8 Å². The molecule has 2 aromatic rings. The maximum absolute atomic E-state index is 12.3. The van der Waals surface area contributed by atoms with Crippen LogP contribution in [0, 0.1) is 0 Å². The summed E-state index contributed by atoms with van der Waals surface area (Å²) in [5.41, 5.74) is 1.36. The maximum atomic E-state index is 12.3. The van der Waals surface area contributed by atoms with E-state index in [1.54, 1.807) is 35.2 Å². The lowest BCUT2D eigenvalue weighted by molar-refractivity contribution is 0.0600. The van der Waals surface area contributed by atoms with Crippen LogP contribution in [0.5, 0.6) is 0 Å². The maximum Gasteiger partial charge on any atom is 0.337 e. The Balaban J connectivity index is 2.21. The predicted octanol–water partition coefficient (Wildman–Crippen LogP) is 2.49. The normalized spacial score (nSPS) is 10.1. The lowest BCUT2D eigenvalue weighted by atomic mass is 10.2. The Morgan fingerprint density at radius 3 is 2.62 bits per heavy atom. The van der Waals surface area contributed by atoms with Crippen molar-refractivity contribution < 1.29 is 14.3 Å². The van der Waals surface area contributed by atoms with Crippen LogP contribution in [0.15, 0.2) is 36.5 Å². The standard InChI is InChI=1S/C17H20N4O3/c1-4-21(5-2)15(22)14-9-10-18-17(20-14)19-13-8-6-7-12(11-13)16(23)24-3/h6-11H,4-5H2,1-3H3,(H,18,19,20). The van der Waals surface area contributed by atoms with E-state index in [4.69, 9.17) is 4.74 Å². The largest absolute Gasteiger partial charge is 0.465 e. The number of hydrogen-bond acceptors (Lipinski definition) is 6. The molecule has 1 amide bonds. The summed E-state index contributed by atoms with van der Waals surface area (Å²) in [7, 11) is 1.33. The number of carbonyl (C=O) groups excluding carboxylic acids is 2. The molecular formula is C17H20N4O3. The fourth-order valence-corrected chi connectivity index (χ4v) is 2.18. The highest BCUT2D eigenvalue weighted by atomic mass is 16.5. The molecule has 1 N–H and O–H groups in total. The molecule has 0 aliphatic rings. The first-order chi connectivity index (χ1) is 11.6. The van der Waals surface area contributed by atoms with E-state index in [2.05, 4.69) is 15.3 Å². The van der Waals surface area contributed by atoms with Crippen LogP contribution < -0.4 is 5.32 Å². The number of benzene rings is 1. The van der Waals surface area contributed by atoms with Gasteiger partial charge in [0.15, 0.2) is 0 Å². The van der Waals surface area contributed by atoms with Crippen molar-refractivity contribution in [2.24, 2.45) is 0 Å². The second kappa shape index (κ2) is 8.05. The Bertz CT molecular complexity index is 729. The number of hydrogen-bond donors (Lipinski definition) is 1. The van der Waals surface area contributed by atoms with E-state index >= 15 is 0 Å². The van der Waals surface area contributed by atoms with E-state index in [0.29, 0.717) is 30.0 Å². The van der Waals surface area contributed by atoms with Gasteiger partial charge in [-0.2, -0.15) is 0 Å². The molecule has 1 heterocycles. The molecule has 0 atom stereocenters. The number of methoxy groups -OCH3 is 1. The fraction of sp³-hybridized carbons (Fsp3) is 0.294. The number of anilines is 2. The Kier molecular flexibility index (Phi) is 5.83. The van der Waals surface area contributed by atoms with Gasteiger partial charge in [0.25, 0.3) is 5.91 Å². The van der Waals surface area contributed by atoms with Gasteiger partial charge in [-0.15, -0.1) is 0 Å². The molecule has 0 spiro atoms. The predicted molar refractivity (Wildman–Crippen MR) is 90.3 cm³/mol. The average molecular weight is 328 g/mol. The molecule has 0 aliphatic carbocycles. The summed E-state index contributed by atoms with van der Waals surface area (Å²) in [5.74, 6) is -0.284. The summed E-state index contributed by atoms with van der Waals surface area (Å²) in [6, 6.07) is 8.36. The van der Waals surface area contributed by atoms with Gasteiger partial charge >= 0.3 is 5.97 Å². The summed E-state index contributed by atoms with van der Waals surface area (Å²) in [5, 5.41) is 2.99. The van der Waals surface area contributed by atoms with Gasteiger partial charge in [0.1, 0.15) is 5.69 Å². The number of esters is 1. The van der Waals surface area contributed by atoms with Gasteiger partial charge in [-0.25, -0.2) is 14.8 Å². The van der Waals surface area contributed by atoms with E-state index in [1.165, 1.54) is 13.3 Å². The topological polar surface area (TPSA) is 84.4 Å². The minimum atomic E-state index is -0.426. The Hall–Kier alpha value is -2.96. The Morgan fingerprint density at radius 2 is 1.96 bits per heavy atom. The molecule has 0 unspecified atom stereocenters. The summed E-state index contributed by atoms with van der Waals surface area (Å²) in [4.78, 5) is 34.0. The van der Waals surface area contributed by atoms with Gasteiger partial charge in [-0.05, 0) is 38.1 Å². The fourth-order valence-electron chi connectivity index (χ4n) is 2.18. The van der Waals surface area contributed by atoms with Crippen LogP contribution in [0.4, 0.5) is 11.6 Å². The van der Waals surface area contributed by atoms with Gasteiger partial charge in [0, 0.05) is 25.0 Å². The van der Waals surface area contributed by atoms with Gasteiger partial charge in [-0.1, -0.05) is 6.07 Å². The molecule has 7 heteroatoms. The molecule has 2 rings (SSSR count). The third-order valence-corrected chi connectivity index (χ3v) is 3.47. The highest BCUT2D eigenvalue weighted by Gasteiger charge is 2.15. The number of nitrogens with zero attached hydrogens (tertiary/aromatic N) is 3. The Labute approximate surface area is 140 Å². The second-order valence-corrected chi connectivity index (χ2v) is 4.94. The van der Waals surface area contributed by atoms with Crippen LogP contribution >= 0.6 is 0 Å². The molecule has 0 aliphatic heterocycles. The van der Waals surface area contributed by atoms with Crippen molar-refractivity contribution in [1.29, 1.82) is 0 Å². The molecule has 0 saturated carbocycles. The lowest BCUT2D eigenvalue weighted by Gasteiger charge is -2.18. The third-order valence-electron chi connectivity index (χ3n) is 3.47. The number of ether oxygens (including phenoxy) is 1. The van der Waals surface area contributed by atoms with Crippen molar-refractivity contribution in [1.82, 2.24) is 14.9 Å². The van der Waals surface area contributed by atoms with Gasteiger partial charge in [0.05, 0.1) is 12.7 Å². The highest BCUT2D eigenvalue weighted by Crippen LogP contribution is 2.16. The number of amides is 1. The van der Waals surface area contributed by atoms with Crippen molar-refractivity contribution in [3.05, 3.63) is 47.8 Å². The summed E-state index contributed by atoms with van der Waals surface area (Å²) < 4.78 is 4.69. The number of aromatic nitrogens is 2. The van der Waals surface area contributed by atoms with E-state index in [0.717, 1.165) is 0 Å². The highest BCUT2D eigenvalue weighted by molar-refractivity contribution is 5.92. The minimum absolute atomic E-state index is 0.145. The van der Waals surface area contributed by atoms with Crippen LogP contribution in [-0.4, -0.2) is 46.9 Å². The van der Waals surface area contributed by atoms with E-state index in [-0.39, 0.29) is 11.9 Å². The van der Waals surface area contributed by atoms with E-state index < -0.39 is 5.97 Å². The first-order valence-electron chi connectivity index (χ1n) is 7.66. The molecular weight excluding hydrogens is 308 g/mol. The molecule has 1 aromatic heterocycles. The quantitative estimate of drug-likeness (QED) is 0.820. The summed E-state index contributed by atoms with van der Waals surface area (Å²) in [6.07, 6.45) is 1.52. The van der Waals surface area contributed by atoms with Gasteiger partial charge < -0.3 is 15.0 Å². The average Bonchev–Trinajstić information content (AvgIpc) is 2.62. The van der Waals surface area contributed by atoms with Crippen molar-refractivity contribution in [2.75, 3.05) is 25.5 Å². The first kappa shape index (κ1) is 17.4. The zero-order chi connectivity index (χ0) is 17.5. The molecule has 0 fully saturated rings. The number of rotatable bonds is 6. The zero-order valence-corrected chi connectivity index (χ0v) is 13.9. The zero-order valence-electron chi connectivity index (χ0n) is 13.9. The monoisotopic (exact) mass is 328 g/mol. The summed E-state index contributed by atoms with van der Waals surface area (Å²) >= 11 is 0. The molecule has 0 bridgehead atoms. The first-order valence-corrected chi connectivity index (χ1v) is 7.66. The van der Waals surface area contributed by atoms with Crippen LogP contribution in [0.1, 0.15) is 34.7 Å². The smallest absolute Gasteiger partial charge is 0.337 e. The second-order valence-electron chi connectivity index (χ2n) is 4.94. The van der Waals surface area contributed by atoms with Crippen molar-refractivity contribution in [3.63, 3.8) is 0 Å². The molecule has 0 saturated heterocycles. The van der Waals surface area contributed by atoms with Crippen LogP contribution in [0.3, 0.4) is 0 Å². The SMILES string of the molecule is CCN(CC)C(=O)c1ccnc(Nc2cccc(C(=O)OC)c2)n1. The molecule has 7 nitrogen and oxygen atoms in total. The minimum Gasteiger partial charge on any atom is -0.465 e. The number of nitrogens with one attached hydrogen (secondary N) is 1. The molecule has 0 radical (unpaired) electrons. The van der Waals surface area contributed by atoms with Gasteiger partial charge in [0.2, 0.25) is 5.95 Å². The lowest BCUT2D eigenvalue weighted by Crippen LogP contribution is -2.31.